The summed E-state index contributed by atoms with van der Waals surface area (Å²) >= 11 is 0. The van der Waals surface area contributed by atoms with Gasteiger partial charge < -0.3 is 24.4 Å². The monoisotopic (exact) mass is 464 g/mol. The molecule has 0 bridgehead atoms. The molecule has 2 aromatic carbocycles. The minimum absolute atomic E-state index is 0.116. The summed E-state index contributed by atoms with van der Waals surface area (Å²) in [4.78, 5) is 29.9. The Morgan fingerprint density at radius 1 is 1.12 bits per heavy atom. The van der Waals surface area contributed by atoms with Crippen LogP contribution in [0, 0.1) is 0 Å². The summed E-state index contributed by atoms with van der Waals surface area (Å²) in [6.45, 7) is 6.33. The van der Waals surface area contributed by atoms with Gasteiger partial charge in [0.15, 0.2) is 0 Å². The highest BCUT2D eigenvalue weighted by Crippen LogP contribution is 2.41. The van der Waals surface area contributed by atoms with Crippen LogP contribution in [-0.2, 0) is 9.59 Å². The SMILES string of the molecule is CCCCCN1C(=O)C(=O)/C(=C(\O)c2ccc3c(c2)N(C)CCO3)C1c1ccc(OCC)cc1. The predicted molar refractivity (Wildman–Crippen MR) is 131 cm³/mol. The van der Waals surface area contributed by atoms with Gasteiger partial charge in [-0.3, -0.25) is 9.59 Å². The molecule has 2 aliphatic heterocycles. The Labute approximate surface area is 200 Å². The fraction of sp³-hybridized carbons (Fsp3) is 0.407. The van der Waals surface area contributed by atoms with Gasteiger partial charge in [0.05, 0.1) is 30.5 Å². The Balaban J connectivity index is 1.79. The highest BCUT2D eigenvalue weighted by atomic mass is 16.5. The minimum atomic E-state index is -0.657. The average molecular weight is 465 g/mol. The number of carbonyl (C=O) groups is 2. The molecule has 1 atom stereocenters. The fourth-order valence-electron chi connectivity index (χ4n) is 4.56. The number of aliphatic hydroxyl groups excluding tert-OH is 1. The Morgan fingerprint density at radius 2 is 1.88 bits per heavy atom. The van der Waals surface area contributed by atoms with E-state index in [1.165, 1.54) is 0 Å². The second-order valence-electron chi connectivity index (χ2n) is 8.65. The number of fused-ring (bicyclic) bond motifs is 1. The molecule has 180 valence electrons. The summed E-state index contributed by atoms with van der Waals surface area (Å²) in [5, 5.41) is 11.4. The van der Waals surface area contributed by atoms with Crippen LogP contribution in [-0.4, -0.2) is 55.0 Å². The van der Waals surface area contributed by atoms with Gasteiger partial charge in [-0.05, 0) is 49.2 Å². The molecular formula is C27H32N2O5. The van der Waals surface area contributed by atoms with Crippen molar-refractivity contribution in [2.45, 2.75) is 39.2 Å². The molecular weight excluding hydrogens is 432 g/mol. The molecule has 1 N–H and O–H groups in total. The number of ether oxygens (including phenoxy) is 2. The van der Waals surface area contributed by atoms with E-state index in [4.69, 9.17) is 9.47 Å². The van der Waals surface area contributed by atoms with E-state index in [0.717, 1.165) is 42.8 Å². The Morgan fingerprint density at radius 3 is 2.59 bits per heavy atom. The molecule has 7 nitrogen and oxygen atoms in total. The van der Waals surface area contributed by atoms with Crippen molar-refractivity contribution in [3.8, 4) is 11.5 Å². The third-order valence-corrected chi connectivity index (χ3v) is 6.38. The van der Waals surface area contributed by atoms with Crippen LogP contribution in [0.15, 0.2) is 48.0 Å². The topological polar surface area (TPSA) is 79.3 Å². The first-order valence-corrected chi connectivity index (χ1v) is 12.0. The number of nitrogens with zero attached hydrogens (tertiary/aromatic N) is 2. The van der Waals surface area contributed by atoms with Crippen LogP contribution >= 0.6 is 0 Å². The maximum atomic E-state index is 13.2. The van der Waals surface area contributed by atoms with Gasteiger partial charge >= 0.3 is 0 Å². The van der Waals surface area contributed by atoms with Crippen LogP contribution in [0.2, 0.25) is 0 Å². The maximum Gasteiger partial charge on any atom is 0.295 e. The number of amides is 1. The minimum Gasteiger partial charge on any atom is -0.507 e. The number of unbranched alkanes of at least 4 members (excludes halogenated alkanes) is 2. The molecule has 34 heavy (non-hydrogen) atoms. The normalized spacial score (nSPS) is 19.2. The zero-order valence-corrected chi connectivity index (χ0v) is 20.0. The van der Waals surface area contributed by atoms with Crippen molar-refractivity contribution in [2.24, 2.45) is 0 Å². The lowest BCUT2D eigenvalue weighted by Crippen LogP contribution is -2.30. The third kappa shape index (κ3) is 4.47. The standard InChI is InChI=1S/C27H32N2O5/c1-4-6-7-14-29-24(18-8-11-20(12-9-18)33-5-2)23(26(31)27(29)32)25(30)19-10-13-22-21(17-19)28(3)15-16-34-22/h8-13,17,24,30H,4-7,14-16H2,1-3H3/b25-23-. The number of likely N-dealkylation sites (N-methyl/N-ethyl adjacent to an activating group) is 1. The number of anilines is 1. The zero-order valence-electron chi connectivity index (χ0n) is 20.0. The molecule has 2 aromatic rings. The molecule has 0 aliphatic carbocycles. The lowest BCUT2D eigenvalue weighted by Gasteiger charge is -2.28. The number of benzene rings is 2. The van der Waals surface area contributed by atoms with Crippen molar-refractivity contribution in [1.82, 2.24) is 4.90 Å². The number of hydrogen-bond acceptors (Lipinski definition) is 6. The largest absolute Gasteiger partial charge is 0.507 e. The van der Waals surface area contributed by atoms with Crippen LogP contribution in [0.4, 0.5) is 5.69 Å². The quantitative estimate of drug-likeness (QED) is 0.268. The summed E-state index contributed by atoms with van der Waals surface area (Å²) in [6.07, 6.45) is 2.75. The summed E-state index contributed by atoms with van der Waals surface area (Å²) in [6, 6.07) is 12.1. The summed E-state index contributed by atoms with van der Waals surface area (Å²) in [7, 11) is 1.96. The van der Waals surface area contributed by atoms with Crippen LogP contribution in [0.1, 0.15) is 50.3 Å². The third-order valence-electron chi connectivity index (χ3n) is 6.38. The fourth-order valence-corrected chi connectivity index (χ4v) is 4.56. The number of likely N-dealkylation sites (tertiary alicyclic amines) is 1. The average Bonchev–Trinajstić information content (AvgIpc) is 3.09. The number of hydrogen-bond donors (Lipinski definition) is 1. The van der Waals surface area contributed by atoms with Gasteiger partial charge in [-0.2, -0.15) is 0 Å². The first kappa shape index (κ1) is 23.7. The molecule has 2 heterocycles. The number of aliphatic hydroxyl groups is 1. The molecule has 1 fully saturated rings. The van der Waals surface area contributed by atoms with E-state index < -0.39 is 17.7 Å². The molecule has 7 heteroatoms. The van der Waals surface area contributed by atoms with Crippen LogP contribution in [0.5, 0.6) is 11.5 Å². The molecule has 4 rings (SSSR count). The molecule has 0 spiro atoms. The van der Waals surface area contributed by atoms with E-state index in [1.54, 1.807) is 17.0 Å². The van der Waals surface area contributed by atoms with Crippen LogP contribution in [0.3, 0.4) is 0 Å². The lowest BCUT2D eigenvalue weighted by molar-refractivity contribution is -0.139. The summed E-state index contributed by atoms with van der Waals surface area (Å²) in [5.74, 6) is 0.0439. The van der Waals surface area contributed by atoms with Crippen LogP contribution < -0.4 is 14.4 Å². The first-order chi connectivity index (χ1) is 16.5. The van der Waals surface area contributed by atoms with Crippen LogP contribution in [0.25, 0.3) is 5.76 Å². The van der Waals surface area contributed by atoms with Gasteiger partial charge in [0.25, 0.3) is 11.7 Å². The van der Waals surface area contributed by atoms with Crippen molar-refractivity contribution in [3.05, 3.63) is 59.2 Å². The Kier molecular flexibility index (Phi) is 7.10. The summed E-state index contributed by atoms with van der Waals surface area (Å²) in [5.41, 5.74) is 2.20. The highest BCUT2D eigenvalue weighted by molar-refractivity contribution is 6.46. The molecule has 1 saturated heterocycles. The van der Waals surface area contributed by atoms with Gasteiger partial charge in [0, 0.05) is 19.2 Å². The number of ketones is 1. The first-order valence-electron chi connectivity index (χ1n) is 12.0. The summed E-state index contributed by atoms with van der Waals surface area (Å²) < 4.78 is 11.3. The molecule has 2 aliphatic rings. The van der Waals surface area contributed by atoms with Gasteiger partial charge in [-0.25, -0.2) is 0 Å². The van der Waals surface area contributed by atoms with E-state index >= 15 is 0 Å². The van der Waals surface area contributed by atoms with E-state index in [1.807, 2.05) is 49.2 Å². The predicted octanol–water partition coefficient (Wildman–Crippen LogP) is 4.53. The van der Waals surface area contributed by atoms with Gasteiger partial charge in [0.2, 0.25) is 0 Å². The van der Waals surface area contributed by atoms with Crippen molar-refractivity contribution in [2.75, 3.05) is 38.3 Å². The van der Waals surface area contributed by atoms with E-state index in [9.17, 15) is 14.7 Å². The van der Waals surface area contributed by atoms with Crippen molar-refractivity contribution in [3.63, 3.8) is 0 Å². The Bertz CT molecular complexity index is 1090. The van der Waals surface area contributed by atoms with Gasteiger partial charge in [-0.15, -0.1) is 0 Å². The van der Waals surface area contributed by atoms with Crippen molar-refractivity contribution >= 4 is 23.1 Å². The smallest absolute Gasteiger partial charge is 0.295 e. The zero-order chi connectivity index (χ0) is 24.2. The van der Waals surface area contributed by atoms with Gasteiger partial charge in [0.1, 0.15) is 23.9 Å². The van der Waals surface area contributed by atoms with Gasteiger partial charge in [-0.1, -0.05) is 31.9 Å². The number of rotatable bonds is 8. The van der Waals surface area contributed by atoms with E-state index in [2.05, 4.69) is 6.92 Å². The molecule has 0 radical (unpaired) electrons. The second kappa shape index (κ2) is 10.2. The molecule has 0 aromatic heterocycles. The van der Waals surface area contributed by atoms with E-state index in [-0.39, 0.29) is 11.3 Å². The highest BCUT2D eigenvalue weighted by Gasteiger charge is 2.45. The number of carbonyl (C=O) groups excluding carboxylic acids is 2. The molecule has 1 amide bonds. The number of Topliss-reactive ketones (excluding diaryl/α,β-unsaturated/α-hetero) is 1. The lowest BCUT2D eigenvalue weighted by atomic mass is 9.94. The maximum absolute atomic E-state index is 13.2. The molecule has 1 unspecified atom stereocenters. The second-order valence-corrected chi connectivity index (χ2v) is 8.65. The van der Waals surface area contributed by atoms with E-state index in [0.29, 0.717) is 31.1 Å². The Hall–Kier alpha value is -3.48. The molecule has 0 saturated carbocycles. The van der Waals surface area contributed by atoms with Crippen molar-refractivity contribution in [1.29, 1.82) is 0 Å². The van der Waals surface area contributed by atoms with Crippen molar-refractivity contribution < 1.29 is 24.2 Å².